The van der Waals surface area contributed by atoms with Gasteiger partial charge in [0.2, 0.25) is 0 Å². The Kier molecular flexibility index (Phi) is 6.51. The van der Waals surface area contributed by atoms with Crippen LogP contribution < -0.4 is 4.74 Å². The Bertz CT molecular complexity index is 2630. The molecule has 0 radical (unpaired) electrons. The molecule has 0 fully saturated rings. The number of hydrogen-bond acceptors (Lipinski definition) is 5. The number of rotatable bonds is 4. The monoisotopic (exact) mass is 667 g/mol. The van der Waals surface area contributed by atoms with Gasteiger partial charge in [0, 0.05) is 47.4 Å². The molecule has 2 unspecified atom stereocenters. The van der Waals surface area contributed by atoms with E-state index in [9.17, 15) is 0 Å². The Hall–Kier alpha value is -5.62. The third kappa shape index (κ3) is 4.77. The van der Waals surface area contributed by atoms with Gasteiger partial charge in [-0.25, -0.2) is 15.0 Å². The molecule has 232 valence electrons. The molecule has 0 bridgehead atoms. The molecule has 0 amide bonds. The second kappa shape index (κ2) is 11.2. The van der Waals surface area contributed by atoms with E-state index >= 15 is 0 Å². The van der Waals surface area contributed by atoms with Crippen LogP contribution in [-0.2, 0) is 0 Å². The van der Waals surface area contributed by atoms with Crippen molar-refractivity contribution in [2.24, 2.45) is 0 Å². The zero-order valence-electron chi connectivity index (χ0n) is 26.0. The summed E-state index contributed by atoms with van der Waals surface area (Å²) in [6, 6.07) is 46.2. The van der Waals surface area contributed by atoms with E-state index in [1.165, 1.54) is 20.2 Å². The molecule has 10 rings (SSSR count). The molecular formula is C43H26ClN3OS. The molecule has 6 aromatic carbocycles. The molecule has 1 aliphatic carbocycles. The second-order valence-electron chi connectivity index (χ2n) is 12.5. The van der Waals surface area contributed by atoms with Crippen molar-refractivity contribution in [2.45, 2.75) is 12.0 Å². The summed E-state index contributed by atoms with van der Waals surface area (Å²) in [7, 11) is 0. The summed E-state index contributed by atoms with van der Waals surface area (Å²) in [5, 5.41) is 3.16. The number of aromatic nitrogens is 3. The number of thiophene rings is 1. The van der Waals surface area contributed by atoms with Crippen LogP contribution in [0.5, 0.6) is 5.75 Å². The zero-order chi connectivity index (χ0) is 32.5. The van der Waals surface area contributed by atoms with Crippen LogP contribution in [0.25, 0.3) is 71.5 Å². The summed E-state index contributed by atoms with van der Waals surface area (Å²) in [6.07, 6.45) is 4.15. The lowest BCUT2D eigenvalue weighted by atomic mass is 9.81. The summed E-state index contributed by atoms with van der Waals surface area (Å²) < 4.78 is 8.85. The largest absolute Gasteiger partial charge is 0.485 e. The highest BCUT2D eigenvalue weighted by Crippen LogP contribution is 2.49. The first kappa shape index (κ1) is 28.4. The molecule has 0 N–H and O–H groups in total. The van der Waals surface area contributed by atoms with Crippen LogP contribution in [0.1, 0.15) is 22.6 Å². The van der Waals surface area contributed by atoms with E-state index in [0.717, 1.165) is 55.3 Å². The van der Waals surface area contributed by atoms with Crippen LogP contribution in [0.3, 0.4) is 0 Å². The van der Waals surface area contributed by atoms with Crippen molar-refractivity contribution >= 4 is 49.2 Å². The number of fused-ring (bicyclic) bond motifs is 8. The minimum Gasteiger partial charge on any atom is -0.485 e. The van der Waals surface area contributed by atoms with E-state index in [-0.39, 0.29) is 12.0 Å². The van der Waals surface area contributed by atoms with Crippen LogP contribution in [0.2, 0.25) is 5.02 Å². The third-order valence-corrected chi connectivity index (χ3v) is 11.0. The molecule has 3 heterocycles. The number of halogens is 1. The normalized spacial score (nSPS) is 15.9. The van der Waals surface area contributed by atoms with Gasteiger partial charge in [0.1, 0.15) is 11.9 Å². The molecular weight excluding hydrogens is 642 g/mol. The third-order valence-electron chi connectivity index (χ3n) is 9.56. The molecule has 2 atom stereocenters. The molecule has 0 saturated carbocycles. The zero-order valence-corrected chi connectivity index (χ0v) is 27.6. The molecule has 0 saturated heterocycles. The lowest BCUT2D eigenvalue weighted by Gasteiger charge is -2.24. The molecule has 6 heteroatoms. The first-order chi connectivity index (χ1) is 24.2. The molecule has 49 heavy (non-hydrogen) atoms. The van der Waals surface area contributed by atoms with Crippen LogP contribution in [0.4, 0.5) is 0 Å². The summed E-state index contributed by atoms with van der Waals surface area (Å²) >= 11 is 8.58. The van der Waals surface area contributed by atoms with Crippen molar-refractivity contribution in [1.82, 2.24) is 15.0 Å². The van der Waals surface area contributed by atoms with E-state index in [4.69, 9.17) is 31.3 Å². The first-order valence-electron chi connectivity index (χ1n) is 16.3. The highest BCUT2D eigenvalue weighted by molar-refractivity contribution is 7.25. The van der Waals surface area contributed by atoms with E-state index in [1.807, 2.05) is 24.3 Å². The fraction of sp³-hybridized carbons (Fsp3) is 0.0465. The Morgan fingerprint density at radius 3 is 2.08 bits per heavy atom. The summed E-state index contributed by atoms with van der Waals surface area (Å²) in [5.74, 6) is 2.70. The minimum absolute atomic E-state index is 0.0127. The van der Waals surface area contributed by atoms with Gasteiger partial charge < -0.3 is 4.74 Å². The molecule has 0 spiro atoms. The predicted molar refractivity (Wildman–Crippen MR) is 201 cm³/mol. The Morgan fingerprint density at radius 1 is 0.551 bits per heavy atom. The van der Waals surface area contributed by atoms with Crippen molar-refractivity contribution in [3.05, 3.63) is 161 Å². The van der Waals surface area contributed by atoms with E-state index in [1.54, 1.807) is 11.3 Å². The highest BCUT2D eigenvalue weighted by atomic mass is 35.5. The number of hydrogen-bond donors (Lipinski definition) is 0. The first-order valence-corrected chi connectivity index (χ1v) is 17.5. The Balaban J connectivity index is 1.16. The van der Waals surface area contributed by atoms with E-state index in [0.29, 0.717) is 17.5 Å². The van der Waals surface area contributed by atoms with Gasteiger partial charge in [-0.1, -0.05) is 103 Å². The lowest BCUT2D eigenvalue weighted by Crippen LogP contribution is -2.20. The SMILES string of the molecule is Clc1cccc2c1C1c3cc(-c4nc(-c5cccc(-c6ccccc6)c5)nc(-c5ccc6sc7ccccc7c6c5)n4)ccc3C=CC1O2. The van der Waals surface area contributed by atoms with Crippen LogP contribution in [0, 0.1) is 0 Å². The Morgan fingerprint density at radius 2 is 1.22 bits per heavy atom. The number of ether oxygens (including phenoxy) is 1. The van der Waals surface area contributed by atoms with Gasteiger partial charge in [-0.3, -0.25) is 0 Å². The van der Waals surface area contributed by atoms with Crippen molar-refractivity contribution in [1.29, 1.82) is 0 Å². The van der Waals surface area contributed by atoms with Gasteiger partial charge in [0.05, 0.1) is 5.92 Å². The van der Waals surface area contributed by atoms with Gasteiger partial charge in [-0.2, -0.15) is 0 Å². The molecule has 1 aliphatic heterocycles. The predicted octanol–water partition coefficient (Wildman–Crippen LogP) is 11.5. The number of benzene rings is 6. The molecule has 2 aliphatic rings. The summed E-state index contributed by atoms with van der Waals surface area (Å²) in [5.41, 5.74) is 8.37. The van der Waals surface area contributed by atoms with Crippen molar-refractivity contribution in [3.63, 3.8) is 0 Å². The average Bonchev–Trinajstić information content (AvgIpc) is 3.74. The quantitative estimate of drug-likeness (QED) is 0.187. The lowest BCUT2D eigenvalue weighted by molar-refractivity contribution is 0.267. The summed E-state index contributed by atoms with van der Waals surface area (Å²) in [6.45, 7) is 0. The van der Waals surface area contributed by atoms with E-state index < -0.39 is 0 Å². The maximum absolute atomic E-state index is 6.78. The van der Waals surface area contributed by atoms with Gasteiger partial charge >= 0.3 is 0 Å². The van der Waals surface area contributed by atoms with Crippen LogP contribution in [0.15, 0.2) is 140 Å². The maximum Gasteiger partial charge on any atom is 0.164 e. The van der Waals surface area contributed by atoms with Gasteiger partial charge in [-0.05, 0) is 76.9 Å². The fourth-order valence-electron chi connectivity index (χ4n) is 7.21. The van der Waals surface area contributed by atoms with Crippen LogP contribution >= 0.6 is 22.9 Å². The van der Waals surface area contributed by atoms with Gasteiger partial charge in [0.15, 0.2) is 17.5 Å². The fourth-order valence-corrected chi connectivity index (χ4v) is 8.58. The average molecular weight is 668 g/mol. The van der Waals surface area contributed by atoms with Crippen molar-refractivity contribution in [2.75, 3.05) is 0 Å². The minimum atomic E-state index is -0.116. The highest BCUT2D eigenvalue weighted by Gasteiger charge is 2.39. The molecule has 8 aromatic rings. The van der Waals surface area contributed by atoms with Crippen molar-refractivity contribution < 1.29 is 4.74 Å². The maximum atomic E-state index is 6.78. The summed E-state index contributed by atoms with van der Waals surface area (Å²) in [4.78, 5) is 15.4. The smallest absolute Gasteiger partial charge is 0.164 e. The van der Waals surface area contributed by atoms with Crippen molar-refractivity contribution in [3.8, 4) is 51.0 Å². The Labute approximate surface area is 292 Å². The van der Waals surface area contributed by atoms with Crippen LogP contribution in [-0.4, -0.2) is 21.1 Å². The van der Waals surface area contributed by atoms with Gasteiger partial charge in [0.25, 0.3) is 0 Å². The topological polar surface area (TPSA) is 47.9 Å². The molecule has 2 aromatic heterocycles. The van der Waals surface area contributed by atoms with E-state index in [2.05, 4.69) is 121 Å². The molecule has 4 nitrogen and oxygen atoms in total. The van der Waals surface area contributed by atoms with Gasteiger partial charge in [-0.15, -0.1) is 11.3 Å². The standard InChI is InChI=1S/C43H26ClN3OS/c44-34-13-7-14-35-40(34)39-32-23-29(17-16-26(32)18-20-36(39)48-35)42-45-41(28-11-6-10-27(22-28)25-8-2-1-3-9-25)46-43(47-42)30-19-21-38-33(24-30)31-12-4-5-15-37(31)49-38/h1-24,36,39H. The second-order valence-corrected chi connectivity index (χ2v) is 14.0. The number of nitrogens with zero attached hydrogens (tertiary/aromatic N) is 3.